The summed E-state index contributed by atoms with van der Waals surface area (Å²) in [7, 11) is 0. The van der Waals surface area contributed by atoms with Gasteiger partial charge in [-0.2, -0.15) is 0 Å². The summed E-state index contributed by atoms with van der Waals surface area (Å²) in [4.78, 5) is 10.4. The Kier molecular flexibility index (Phi) is 5.37. The van der Waals surface area contributed by atoms with Crippen molar-refractivity contribution < 1.29 is 32.5 Å². The van der Waals surface area contributed by atoms with Crippen molar-refractivity contribution in [2.24, 2.45) is 0 Å². The van der Waals surface area contributed by atoms with Crippen LogP contribution in [-0.4, -0.2) is 30.7 Å². The third-order valence-electron chi connectivity index (χ3n) is 1.93. The quantitative estimate of drug-likeness (QED) is 0.641. The number of carboxylic acids is 1. The Labute approximate surface area is 107 Å². The summed E-state index contributed by atoms with van der Waals surface area (Å²) in [5, 5.41) is 8.50. The minimum absolute atomic E-state index is 0.283. The van der Waals surface area contributed by atoms with Crippen LogP contribution >= 0.6 is 0 Å². The van der Waals surface area contributed by atoms with Gasteiger partial charge in [-0.05, 0) is 12.1 Å². The number of alkyl halides is 3. The first-order valence-electron chi connectivity index (χ1n) is 5.22. The molecule has 1 N–H and O–H groups in total. The number of hydrogen-bond donors (Lipinski definition) is 1. The minimum atomic E-state index is -4.69. The molecular weight excluding hydrogens is 265 g/mol. The molecule has 19 heavy (non-hydrogen) atoms. The first-order chi connectivity index (χ1) is 8.88. The lowest BCUT2D eigenvalue weighted by molar-refractivity contribution is -0.325. The monoisotopic (exact) mass is 276 g/mol. The predicted molar refractivity (Wildman–Crippen MR) is 60.6 cm³/mol. The molecule has 7 heteroatoms. The number of aliphatic carboxylic acids is 1. The van der Waals surface area contributed by atoms with E-state index in [4.69, 9.17) is 9.84 Å². The van der Waals surface area contributed by atoms with Gasteiger partial charge in [-0.1, -0.05) is 18.2 Å². The van der Waals surface area contributed by atoms with Crippen LogP contribution in [0.1, 0.15) is 5.56 Å². The van der Waals surface area contributed by atoms with Crippen molar-refractivity contribution in [3.63, 3.8) is 0 Å². The van der Waals surface area contributed by atoms with Gasteiger partial charge < -0.3 is 9.84 Å². The number of para-hydroxylation sites is 1. The molecule has 0 spiro atoms. The van der Waals surface area contributed by atoms with E-state index in [0.717, 1.165) is 6.08 Å². The van der Waals surface area contributed by atoms with Gasteiger partial charge in [0.05, 0.1) is 6.61 Å². The van der Waals surface area contributed by atoms with Gasteiger partial charge in [-0.25, -0.2) is 4.79 Å². The van der Waals surface area contributed by atoms with Crippen molar-refractivity contribution >= 4 is 12.0 Å². The first kappa shape index (κ1) is 15.0. The molecule has 1 rings (SSSR count). The Bertz CT molecular complexity index is 455. The van der Waals surface area contributed by atoms with Gasteiger partial charge >= 0.3 is 12.3 Å². The fourth-order valence-electron chi connectivity index (χ4n) is 1.22. The van der Waals surface area contributed by atoms with E-state index in [1.54, 1.807) is 18.2 Å². The van der Waals surface area contributed by atoms with E-state index in [1.165, 1.54) is 12.1 Å². The standard InChI is InChI=1S/C12H11F3O4/c13-12(14,15)19-8-7-18-10-4-2-1-3-9(10)5-6-11(16)17/h1-6H,7-8H2,(H,16,17). The third-order valence-corrected chi connectivity index (χ3v) is 1.93. The lowest BCUT2D eigenvalue weighted by Crippen LogP contribution is -2.18. The number of rotatable bonds is 6. The van der Waals surface area contributed by atoms with Gasteiger partial charge in [0.15, 0.2) is 0 Å². The molecule has 0 atom stereocenters. The van der Waals surface area contributed by atoms with Gasteiger partial charge in [0.1, 0.15) is 12.4 Å². The normalized spacial score (nSPS) is 11.7. The molecule has 0 aliphatic heterocycles. The number of hydrogen-bond acceptors (Lipinski definition) is 3. The number of benzene rings is 1. The average molecular weight is 276 g/mol. The van der Waals surface area contributed by atoms with Crippen LogP contribution in [0.5, 0.6) is 5.75 Å². The molecule has 1 aromatic carbocycles. The lowest BCUT2D eigenvalue weighted by Gasteiger charge is -2.10. The highest BCUT2D eigenvalue weighted by Gasteiger charge is 2.28. The van der Waals surface area contributed by atoms with Crippen molar-refractivity contribution in [1.82, 2.24) is 0 Å². The molecule has 0 heterocycles. The van der Waals surface area contributed by atoms with Crippen LogP contribution in [0, 0.1) is 0 Å². The Morgan fingerprint density at radius 3 is 2.58 bits per heavy atom. The van der Waals surface area contributed by atoms with E-state index in [2.05, 4.69) is 4.74 Å². The molecule has 0 saturated heterocycles. The number of halogens is 3. The van der Waals surface area contributed by atoms with Crippen molar-refractivity contribution in [2.45, 2.75) is 6.36 Å². The maximum Gasteiger partial charge on any atom is 0.522 e. The summed E-state index contributed by atoms with van der Waals surface area (Å²) in [6.07, 6.45) is -2.48. The fraction of sp³-hybridized carbons (Fsp3) is 0.250. The van der Waals surface area contributed by atoms with Crippen LogP contribution < -0.4 is 4.74 Å². The maximum absolute atomic E-state index is 11.7. The van der Waals surface area contributed by atoms with E-state index < -0.39 is 18.9 Å². The van der Waals surface area contributed by atoms with E-state index in [9.17, 15) is 18.0 Å². The van der Waals surface area contributed by atoms with E-state index in [-0.39, 0.29) is 12.4 Å². The highest BCUT2D eigenvalue weighted by Crippen LogP contribution is 2.20. The minimum Gasteiger partial charge on any atom is -0.491 e. The summed E-state index contributed by atoms with van der Waals surface area (Å²) in [6, 6.07) is 6.38. The summed E-state index contributed by atoms with van der Waals surface area (Å²) in [5.41, 5.74) is 0.455. The SMILES string of the molecule is O=C(O)C=Cc1ccccc1OCCOC(F)(F)F. The lowest BCUT2D eigenvalue weighted by atomic mass is 10.2. The molecule has 0 unspecified atom stereocenters. The van der Waals surface area contributed by atoms with Crippen molar-refractivity contribution in [3.8, 4) is 5.75 Å². The topological polar surface area (TPSA) is 55.8 Å². The summed E-state index contributed by atoms with van der Waals surface area (Å²) in [5.74, 6) is -0.846. The Balaban J connectivity index is 2.56. The molecule has 1 aromatic rings. The van der Waals surface area contributed by atoms with Gasteiger partial charge in [-0.3, -0.25) is 4.74 Å². The zero-order valence-corrected chi connectivity index (χ0v) is 9.68. The largest absolute Gasteiger partial charge is 0.522 e. The second kappa shape index (κ2) is 6.79. The molecule has 0 radical (unpaired) electrons. The van der Waals surface area contributed by atoms with Crippen LogP contribution in [0.3, 0.4) is 0 Å². The molecular formula is C12H11F3O4. The van der Waals surface area contributed by atoms with E-state index in [1.807, 2.05) is 0 Å². The molecule has 0 aliphatic rings. The third kappa shape index (κ3) is 6.46. The predicted octanol–water partition coefficient (Wildman–Crippen LogP) is 2.70. The van der Waals surface area contributed by atoms with Gasteiger partial charge in [0.25, 0.3) is 0 Å². The highest BCUT2D eigenvalue weighted by atomic mass is 19.4. The van der Waals surface area contributed by atoms with Crippen LogP contribution in [0.25, 0.3) is 6.08 Å². The van der Waals surface area contributed by atoms with Gasteiger partial charge in [-0.15, -0.1) is 13.2 Å². The molecule has 0 saturated carbocycles. The van der Waals surface area contributed by atoms with Crippen molar-refractivity contribution in [1.29, 1.82) is 0 Å². The molecule has 0 amide bonds. The summed E-state index contributed by atoms with van der Waals surface area (Å²) in [6.45, 7) is -0.933. The zero-order chi connectivity index (χ0) is 14.3. The molecule has 0 bridgehead atoms. The molecule has 0 fully saturated rings. The molecule has 0 aliphatic carbocycles. The van der Waals surface area contributed by atoms with Crippen LogP contribution in [0.4, 0.5) is 13.2 Å². The van der Waals surface area contributed by atoms with Crippen LogP contribution in [-0.2, 0) is 9.53 Å². The van der Waals surface area contributed by atoms with Crippen molar-refractivity contribution in [3.05, 3.63) is 35.9 Å². The first-order valence-corrected chi connectivity index (χ1v) is 5.22. The Hall–Kier alpha value is -2.02. The fourth-order valence-corrected chi connectivity index (χ4v) is 1.22. The van der Waals surface area contributed by atoms with E-state index in [0.29, 0.717) is 5.56 Å². The van der Waals surface area contributed by atoms with Gasteiger partial charge in [0, 0.05) is 11.6 Å². The zero-order valence-electron chi connectivity index (χ0n) is 9.68. The Morgan fingerprint density at radius 1 is 1.26 bits per heavy atom. The molecule has 0 aromatic heterocycles. The number of carbonyl (C=O) groups is 1. The molecule has 4 nitrogen and oxygen atoms in total. The highest BCUT2D eigenvalue weighted by molar-refractivity contribution is 5.85. The van der Waals surface area contributed by atoms with Gasteiger partial charge in [0.2, 0.25) is 0 Å². The number of ether oxygens (including phenoxy) is 2. The van der Waals surface area contributed by atoms with E-state index >= 15 is 0 Å². The maximum atomic E-state index is 11.7. The van der Waals surface area contributed by atoms with Crippen LogP contribution in [0.2, 0.25) is 0 Å². The number of carboxylic acid groups (broad SMARTS) is 1. The second-order valence-corrected chi connectivity index (χ2v) is 3.35. The summed E-state index contributed by atoms with van der Waals surface area (Å²) >= 11 is 0. The second-order valence-electron chi connectivity index (χ2n) is 3.35. The average Bonchev–Trinajstić information content (AvgIpc) is 2.32. The Morgan fingerprint density at radius 2 is 1.95 bits per heavy atom. The van der Waals surface area contributed by atoms with Crippen LogP contribution in [0.15, 0.2) is 30.3 Å². The summed E-state index contributed by atoms with van der Waals surface area (Å²) < 4.78 is 43.8. The van der Waals surface area contributed by atoms with Crippen molar-refractivity contribution in [2.75, 3.05) is 13.2 Å². The molecule has 104 valence electrons. The smallest absolute Gasteiger partial charge is 0.491 e.